The van der Waals surface area contributed by atoms with Crippen molar-refractivity contribution in [2.75, 3.05) is 11.9 Å². The Bertz CT molecular complexity index is 432. The molecule has 1 aromatic carbocycles. The van der Waals surface area contributed by atoms with Crippen LogP contribution < -0.4 is 11.1 Å². The van der Waals surface area contributed by atoms with Crippen LogP contribution in [0.1, 0.15) is 30.6 Å². The smallest absolute Gasteiger partial charge is 0.338 e. The van der Waals surface area contributed by atoms with E-state index in [2.05, 4.69) is 5.32 Å². The van der Waals surface area contributed by atoms with Gasteiger partial charge in [-0.1, -0.05) is 13.0 Å². The summed E-state index contributed by atoms with van der Waals surface area (Å²) in [4.78, 5) is 23.1. The standard InChI is InChI=1S/C13H18N2O3/c1-3-11(14)12(16)15-10-7-5-6-9(8-10)13(17)18-4-2/h5-8,11H,3-4,14H2,1-2H3,(H,15,16)/t11-/m0/s1. The van der Waals surface area contributed by atoms with Gasteiger partial charge in [0.2, 0.25) is 5.91 Å². The van der Waals surface area contributed by atoms with E-state index in [0.29, 0.717) is 24.3 Å². The largest absolute Gasteiger partial charge is 0.462 e. The summed E-state index contributed by atoms with van der Waals surface area (Å²) >= 11 is 0. The molecule has 0 fully saturated rings. The summed E-state index contributed by atoms with van der Waals surface area (Å²) in [6, 6.07) is 6.03. The number of amides is 1. The first kappa shape index (κ1) is 14.2. The van der Waals surface area contributed by atoms with Gasteiger partial charge in [0.25, 0.3) is 0 Å². The highest BCUT2D eigenvalue weighted by Gasteiger charge is 2.12. The molecule has 0 saturated heterocycles. The number of esters is 1. The van der Waals surface area contributed by atoms with Gasteiger partial charge in [0.1, 0.15) is 0 Å². The van der Waals surface area contributed by atoms with Crippen molar-refractivity contribution in [1.82, 2.24) is 0 Å². The van der Waals surface area contributed by atoms with Crippen LogP contribution in [-0.2, 0) is 9.53 Å². The lowest BCUT2D eigenvalue weighted by Gasteiger charge is -2.10. The van der Waals surface area contributed by atoms with Gasteiger partial charge in [-0.15, -0.1) is 0 Å². The fraction of sp³-hybridized carbons (Fsp3) is 0.385. The second kappa shape index (κ2) is 6.76. The zero-order chi connectivity index (χ0) is 13.5. The van der Waals surface area contributed by atoms with E-state index in [0.717, 1.165) is 0 Å². The van der Waals surface area contributed by atoms with Crippen molar-refractivity contribution in [3.8, 4) is 0 Å². The summed E-state index contributed by atoms with van der Waals surface area (Å²) < 4.78 is 4.88. The Hall–Kier alpha value is -1.88. The van der Waals surface area contributed by atoms with Crippen LogP contribution in [0.4, 0.5) is 5.69 Å². The lowest BCUT2D eigenvalue weighted by molar-refractivity contribution is -0.117. The van der Waals surface area contributed by atoms with Crippen LogP contribution >= 0.6 is 0 Å². The van der Waals surface area contributed by atoms with Crippen LogP contribution in [0.5, 0.6) is 0 Å². The summed E-state index contributed by atoms with van der Waals surface area (Å²) in [6.07, 6.45) is 0.559. The molecule has 18 heavy (non-hydrogen) atoms. The van der Waals surface area contributed by atoms with Gasteiger partial charge in [-0.3, -0.25) is 4.79 Å². The minimum atomic E-state index is -0.545. The first-order valence-corrected chi connectivity index (χ1v) is 5.92. The summed E-state index contributed by atoms with van der Waals surface area (Å²) in [6.45, 7) is 3.89. The minimum Gasteiger partial charge on any atom is -0.462 e. The monoisotopic (exact) mass is 250 g/mol. The van der Waals surface area contributed by atoms with E-state index in [9.17, 15) is 9.59 Å². The molecule has 0 aliphatic rings. The lowest BCUT2D eigenvalue weighted by Crippen LogP contribution is -2.34. The second-order valence-electron chi connectivity index (χ2n) is 3.81. The van der Waals surface area contributed by atoms with Gasteiger partial charge in [-0.2, -0.15) is 0 Å². The van der Waals surface area contributed by atoms with E-state index in [1.165, 1.54) is 0 Å². The zero-order valence-electron chi connectivity index (χ0n) is 10.6. The predicted molar refractivity (Wildman–Crippen MR) is 69.3 cm³/mol. The number of ether oxygens (including phenoxy) is 1. The molecule has 0 spiro atoms. The molecule has 0 heterocycles. The number of nitrogens with one attached hydrogen (secondary N) is 1. The Labute approximate surface area is 106 Å². The van der Waals surface area contributed by atoms with Gasteiger partial charge < -0.3 is 15.8 Å². The van der Waals surface area contributed by atoms with Crippen LogP contribution in [0, 0.1) is 0 Å². The molecule has 1 amide bonds. The molecule has 0 aromatic heterocycles. The molecule has 0 saturated carbocycles. The zero-order valence-corrected chi connectivity index (χ0v) is 10.6. The third-order valence-electron chi connectivity index (χ3n) is 2.42. The fourth-order valence-corrected chi connectivity index (χ4v) is 1.36. The van der Waals surface area contributed by atoms with Crippen molar-refractivity contribution >= 4 is 17.6 Å². The first-order valence-electron chi connectivity index (χ1n) is 5.92. The van der Waals surface area contributed by atoms with Crippen LogP contribution in [0.25, 0.3) is 0 Å². The summed E-state index contributed by atoms with van der Waals surface area (Å²) in [5, 5.41) is 2.66. The molecule has 0 bridgehead atoms. The fourth-order valence-electron chi connectivity index (χ4n) is 1.36. The average molecular weight is 250 g/mol. The van der Waals surface area contributed by atoms with E-state index in [4.69, 9.17) is 10.5 Å². The van der Waals surface area contributed by atoms with Crippen LogP contribution in [0.3, 0.4) is 0 Å². The number of hydrogen-bond acceptors (Lipinski definition) is 4. The van der Waals surface area contributed by atoms with Crippen molar-refractivity contribution in [1.29, 1.82) is 0 Å². The van der Waals surface area contributed by atoms with Crippen molar-refractivity contribution in [3.63, 3.8) is 0 Å². The quantitative estimate of drug-likeness (QED) is 0.777. The van der Waals surface area contributed by atoms with Gasteiger partial charge in [-0.05, 0) is 31.5 Å². The molecular formula is C13H18N2O3. The normalized spacial score (nSPS) is 11.7. The van der Waals surface area contributed by atoms with Crippen molar-refractivity contribution in [3.05, 3.63) is 29.8 Å². The molecule has 5 heteroatoms. The van der Waals surface area contributed by atoms with E-state index >= 15 is 0 Å². The van der Waals surface area contributed by atoms with Crippen molar-refractivity contribution in [2.24, 2.45) is 5.73 Å². The van der Waals surface area contributed by atoms with E-state index in [-0.39, 0.29) is 5.91 Å². The maximum Gasteiger partial charge on any atom is 0.338 e. The number of benzene rings is 1. The van der Waals surface area contributed by atoms with E-state index in [1.54, 1.807) is 31.2 Å². The van der Waals surface area contributed by atoms with Gasteiger partial charge >= 0.3 is 5.97 Å². The summed E-state index contributed by atoms with van der Waals surface area (Å²) in [5.41, 5.74) is 6.55. The van der Waals surface area contributed by atoms with Crippen molar-refractivity contribution < 1.29 is 14.3 Å². The number of nitrogens with two attached hydrogens (primary N) is 1. The molecule has 0 aliphatic heterocycles. The van der Waals surface area contributed by atoms with Gasteiger partial charge in [0, 0.05) is 5.69 Å². The highest BCUT2D eigenvalue weighted by atomic mass is 16.5. The maximum absolute atomic E-state index is 11.6. The Kier molecular flexibility index (Phi) is 5.32. The number of hydrogen-bond donors (Lipinski definition) is 2. The molecule has 0 radical (unpaired) electrons. The van der Waals surface area contributed by atoms with Gasteiger partial charge in [0.05, 0.1) is 18.2 Å². The molecule has 1 aromatic rings. The second-order valence-corrected chi connectivity index (χ2v) is 3.81. The molecule has 98 valence electrons. The molecule has 5 nitrogen and oxygen atoms in total. The molecule has 0 aliphatic carbocycles. The Morgan fingerprint density at radius 1 is 1.39 bits per heavy atom. The Balaban J connectivity index is 2.76. The van der Waals surface area contributed by atoms with E-state index in [1.807, 2.05) is 6.92 Å². The predicted octanol–water partition coefficient (Wildman–Crippen LogP) is 1.54. The SMILES string of the molecule is CCOC(=O)c1cccc(NC(=O)[C@@H](N)CC)c1. The van der Waals surface area contributed by atoms with Gasteiger partial charge in [-0.25, -0.2) is 4.79 Å². The Morgan fingerprint density at radius 3 is 2.72 bits per heavy atom. The lowest BCUT2D eigenvalue weighted by atomic mass is 10.2. The van der Waals surface area contributed by atoms with Gasteiger partial charge in [0.15, 0.2) is 0 Å². The number of anilines is 1. The van der Waals surface area contributed by atoms with Crippen molar-refractivity contribution in [2.45, 2.75) is 26.3 Å². The topological polar surface area (TPSA) is 81.4 Å². The maximum atomic E-state index is 11.6. The Morgan fingerprint density at radius 2 is 2.11 bits per heavy atom. The molecule has 1 rings (SSSR count). The highest BCUT2D eigenvalue weighted by molar-refractivity contribution is 5.96. The molecule has 1 atom stereocenters. The third kappa shape index (κ3) is 3.85. The van der Waals surface area contributed by atoms with Crippen LogP contribution in [-0.4, -0.2) is 24.5 Å². The third-order valence-corrected chi connectivity index (χ3v) is 2.42. The number of carbonyl (C=O) groups excluding carboxylic acids is 2. The first-order chi connectivity index (χ1) is 8.58. The summed E-state index contributed by atoms with van der Waals surface area (Å²) in [7, 11) is 0. The minimum absolute atomic E-state index is 0.265. The van der Waals surface area contributed by atoms with Crippen LogP contribution in [0.15, 0.2) is 24.3 Å². The van der Waals surface area contributed by atoms with E-state index < -0.39 is 12.0 Å². The number of rotatable bonds is 5. The molecular weight excluding hydrogens is 232 g/mol. The summed E-state index contributed by atoms with van der Waals surface area (Å²) in [5.74, 6) is -0.674. The molecule has 0 unspecified atom stereocenters. The number of carbonyl (C=O) groups is 2. The van der Waals surface area contributed by atoms with Crippen LogP contribution in [0.2, 0.25) is 0 Å². The molecule has 3 N–H and O–H groups in total. The average Bonchev–Trinajstić information content (AvgIpc) is 2.38. The highest BCUT2D eigenvalue weighted by Crippen LogP contribution is 2.12.